The quantitative estimate of drug-likeness (QED) is 0.379. The van der Waals surface area contributed by atoms with Gasteiger partial charge in [-0.2, -0.15) is 4.31 Å². The average molecular weight is 472 g/mol. The van der Waals surface area contributed by atoms with Crippen molar-refractivity contribution in [2.24, 2.45) is 0 Å². The van der Waals surface area contributed by atoms with Gasteiger partial charge in [0.05, 0.1) is 12.0 Å². The molecule has 1 fully saturated rings. The molecule has 0 unspecified atom stereocenters. The number of benzene rings is 2. The molecule has 0 atom stereocenters. The summed E-state index contributed by atoms with van der Waals surface area (Å²) in [6, 6.07) is 10.9. The van der Waals surface area contributed by atoms with Gasteiger partial charge in [0.2, 0.25) is 15.8 Å². The minimum atomic E-state index is -3.57. The van der Waals surface area contributed by atoms with Crippen molar-refractivity contribution in [2.45, 2.75) is 31.1 Å². The maximum absolute atomic E-state index is 12.7. The molecule has 1 saturated heterocycles. The number of aryl methyl sites for hydroxylation is 1. The van der Waals surface area contributed by atoms with Gasteiger partial charge in [-0.05, 0) is 62.2 Å². The summed E-state index contributed by atoms with van der Waals surface area (Å²) in [7, 11) is -2.02. The number of carbonyl (C=O) groups is 2. The summed E-state index contributed by atoms with van der Waals surface area (Å²) in [6.07, 6.45) is 2.72. The first kappa shape index (κ1) is 23.0. The van der Waals surface area contributed by atoms with Gasteiger partial charge in [0.15, 0.2) is 12.4 Å². The molecule has 0 aliphatic carbocycles. The number of nitrogens with zero attached hydrogens (tertiary/aromatic N) is 1. The summed E-state index contributed by atoms with van der Waals surface area (Å²) in [6.45, 7) is 2.25. The molecule has 4 rings (SSSR count). The molecular weight excluding hydrogens is 446 g/mol. The molecule has 1 aromatic heterocycles. The Kier molecular flexibility index (Phi) is 6.53. The largest absolute Gasteiger partial charge is 0.497 e. The molecule has 0 spiro atoms. The lowest BCUT2D eigenvalue weighted by molar-refractivity contribution is 0.0445. The predicted octanol–water partition coefficient (Wildman–Crippen LogP) is 3.96. The van der Waals surface area contributed by atoms with Crippen LogP contribution in [0.4, 0.5) is 0 Å². The molecule has 174 valence electrons. The number of furan rings is 1. The van der Waals surface area contributed by atoms with Crippen molar-refractivity contribution in [2.75, 3.05) is 26.8 Å². The molecule has 1 aliphatic heterocycles. The highest BCUT2D eigenvalue weighted by molar-refractivity contribution is 7.89. The molecule has 0 radical (unpaired) electrons. The Morgan fingerprint density at radius 2 is 1.73 bits per heavy atom. The number of piperidine rings is 1. The minimum absolute atomic E-state index is 0.0222. The first-order chi connectivity index (χ1) is 15.8. The van der Waals surface area contributed by atoms with Gasteiger partial charge in [-0.3, -0.25) is 4.79 Å². The fourth-order valence-electron chi connectivity index (χ4n) is 3.87. The molecule has 8 nitrogen and oxygen atoms in total. The Morgan fingerprint density at radius 3 is 2.39 bits per heavy atom. The number of methoxy groups -OCH3 is 1. The number of hydrogen-bond donors (Lipinski definition) is 0. The number of ether oxygens (including phenoxy) is 2. The van der Waals surface area contributed by atoms with E-state index in [2.05, 4.69) is 0 Å². The summed E-state index contributed by atoms with van der Waals surface area (Å²) in [5.74, 6) is -0.540. The van der Waals surface area contributed by atoms with Crippen LogP contribution in [0.3, 0.4) is 0 Å². The van der Waals surface area contributed by atoms with E-state index in [0.29, 0.717) is 30.0 Å². The van der Waals surface area contributed by atoms with Crippen LogP contribution in [0.5, 0.6) is 5.75 Å². The van der Waals surface area contributed by atoms with Crippen molar-refractivity contribution in [3.63, 3.8) is 0 Å². The highest BCUT2D eigenvalue weighted by atomic mass is 32.2. The standard InChI is InChI=1S/C24H25NO7S/c1-16-20-14-18(30-2)8-11-22(20)32-23(16)24(27)31-15-21(26)17-6-9-19(10-7-17)33(28,29)25-12-4-3-5-13-25/h6-11,14H,3-5,12-13,15H2,1-2H3. The third kappa shape index (κ3) is 4.65. The molecule has 0 bridgehead atoms. The minimum Gasteiger partial charge on any atom is -0.497 e. The Morgan fingerprint density at radius 1 is 1.03 bits per heavy atom. The van der Waals surface area contributed by atoms with E-state index in [-0.39, 0.29) is 16.2 Å². The van der Waals surface area contributed by atoms with Gasteiger partial charge in [0.25, 0.3) is 0 Å². The van der Waals surface area contributed by atoms with Gasteiger partial charge in [-0.1, -0.05) is 6.42 Å². The number of rotatable bonds is 7. The first-order valence-corrected chi connectivity index (χ1v) is 12.1. The molecule has 9 heteroatoms. The molecule has 2 heterocycles. The molecule has 1 aliphatic rings. The number of carbonyl (C=O) groups excluding carboxylic acids is 2. The topological polar surface area (TPSA) is 103 Å². The van der Waals surface area contributed by atoms with Crippen LogP contribution in [-0.4, -0.2) is 51.3 Å². The summed E-state index contributed by atoms with van der Waals surface area (Å²) >= 11 is 0. The lowest BCUT2D eigenvalue weighted by Crippen LogP contribution is -2.35. The predicted molar refractivity (Wildman–Crippen MR) is 121 cm³/mol. The van der Waals surface area contributed by atoms with Crippen LogP contribution < -0.4 is 4.74 Å². The molecule has 3 aromatic rings. The van der Waals surface area contributed by atoms with Gasteiger partial charge < -0.3 is 13.9 Å². The zero-order valence-electron chi connectivity index (χ0n) is 18.5. The first-order valence-electron chi connectivity index (χ1n) is 10.7. The zero-order valence-corrected chi connectivity index (χ0v) is 19.3. The van der Waals surface area contributed by atoms with Crippen molar-refractivity contribution in [3.8, 4) is 5.75 Å². The number of Topliss-reactive ketones (excluding diaryl/α,β-unsaturated/α-hetero) is 1. The van der Waals surface area contributed by atoms with Crippen LogP contribution in [0, 0.1) is 6.92 Å². The van der Waals surface area contributed by atoms with E-state index >= 15 is 0 Å². The lowest BCUT2D eigenvalue weighted by Gasteiger charge is -2.25. The summed E-state index contributed by atoms with van der Waals surface area (Å²) in [5.41, 5.74) is 1.36. The van der Waals surface area contributed by atoms with Crippen LogP contribution in [-0.2, 0) is 14.8 Å². The van der Waals surface area contributed by atoms with Crippen molar-refractivity contribution in [1.82, 2.24) is 4.31 Å². The molecular formula is C24H25NO7S. The zero-order chi connectivity index (χ0) is 23.6. The maximum Gasteiger partial charge on any atom is 0.375 e. The van der Waals surface area contributed by atoms with Crippen LogP contribution in [0.25, 0.3) is 11.0 Å². The highest BCUT2D eigenvalue weighted by Crippen LogP contribution is 2.29. The lowest BCUT2D eigenvalue weighted by atomic mass is 10.1. The molecule has 33 heavy (non-hydrogen) atoms. The molecule has 2 aromatic carbocycles. The number of hydrogen-bond acceptors (Lipinski definition) is 7. The van der Waals surface area contributed by atoms with Crippen LogP contribution >= 0.6 is 0 Å². The maximum atomic E-state index is 12.7. The normalized spacial score (nSPS) is 14.8. The molecule has 0 N–H and O–H groups in total. The number of sulfonamides is 1. The SMILES string of the molecule is COc1ccc2oc(C(=O)OCC(=O)c3ccc(S(=O)(=O)N4CCCCC4)cc3)c(C)c2c1. The van der Waals surface area contributed by atoms with Crippen molar-refractivity contribution in [3.05, 3.63) is 59.4 Å². The Bertz CT molecular complexity index is 1290. The number of ketones is 1. The van der Waals surface area contributed by atoms with Gasteiger partial charge in [0.1, 0.15) is 11.3 Å². The van der Waals surface area contributed by atoms with Crippen molar-refractivity contribution >= 4 is 32.7 Å². The monoisotopic (exact) mass is 471 g/mol. The second-order valence-corrected chi connectivity index (χ2v) is 9.84. The van der Waals surface area contributed by atoms with Gasteiger partial charge in [0, 0.05) is 29.6 Å². The van der Waals surface area contributed by atoms with E-state index in [1.807, 2.05) is 0 Å². The Labute approximate surface area is 192 Å². The van der Waals surface area contributed by atoms with Crippen LogP contribution in [0.15, 0.2) is 51.8 Å². The Hall–Kier alpha value is -3.17. The number of esters is 1. The summed E-state index contributed by atoms with van der Waals surface area (Å²) in [5, 5.41) is 0.720. The van der Waals surface area contributed by atoms with Gasteiger partial charge in [-0.15, -0.1) is 0 Å². The van der Waals surface area contributed by atoms with E-state index in [4.69, 9.17) is 13.9 Å². The van der Waals surface area contributed by atoms with E-state index in [9.17, 15) is 18.0 Å². The third-order valence-electron chi connectivity index (χ3n) is 5.79. The second-order valence-electron chi connectivity index (χ2n) is 7.91. The second kappa shape index (κ2) is 9.36. The van der Waals surface area contributed by atoms with Gasteiger partial charge in [-0.25, -0.2) is 13.2 Å². The highest BCUT2D eigenvalue weighted by Gasteiger charge is 2.26. The Balaban J connectivity index is 1.42. The smallest absolute Gasteiger partial charge is 0.375 e. The fourth-order valence-corrected chi connectivity index (χ4v) is 5.39. The van der Waals surface area contributed by atoms with Crippen molar-refractivity contribution < 1.29 is 31.9 Å². The third-order valence-corrected chi connectivity index (χ3v) is 7.71. The van der Waals surface area contributed by atoms with Gasteiger partial charge >= 0.3 is 5.97 Å². The van der Waals surface area contributed by atoms with E-state index in [0.717, 1.165) is 24.6 Å². The van der Waals surface area contributed by atoms with E-state index < -0.39 is 28.4 Å². The van der Waals surface area contributed by atoms with Crippen molar-refractivity contribution in [1.29, 1.82) is 0 Å². The summed E-state index contributed by atoms with van der Waals surface area (Å²) < 4.78 is 42.9. The average Bonchev–Trinajstić information content (AvgIpc) is 3.18. The van der Waals surface area contributed by atoms with E-state index in [1.165, 1.54) is 28.6 Å². The summed E-state index contributed by atoms with van der Waals surface area (Å²) in [4.78, 5) is 25.1. The van der Waals surface area contributed by atoms with Crippen LogP contribution in [0.1, 0.15) is 45.7 Å². The van der Waals surface area contributed by atoms with Crippen LogP contribution in [0.2, 0.25) is 0 Å². The molecule has 0 amide bonds. The van der Waals surface area contributed by atoms with E-state index in [1.54, 1.807) is 32.2 Å². The molecule has 0 saturated carbocycles. The fraction of sp³-hybridized carbons (Fsp3) is 0.333. The number of fused-ring (bicyclic) bond motifs is 1.